The summed E-state index contributed by atoms with van der Waals surface area (Å²) in [6.07, 6.45) is 2.63. The van der Waals surface area contributed by atoms with Gasteiger partial charge in [-0.25, -0.2) is 4.79 Å². The summed E-state index contributed by atoms with van der Waals surface area (Å²) in [6.45, 7) is 9.41. The van der Waals surface area contributed by atoms with Gasteiger partial charge in [0.25, 0.3) is 0 Å². The minimum Gasteiger partial charge on any atom is -0.478 e. The quantitative estimate of drug-likeness (QED) is 0.635. The summed E-state index contributed by atoms with van der Waals surface area (Å²) in [6, 6.07) is 5.54. The Morgan fingerprint density at radius 2 is 2.21 bits per heavy atom. The van der Waals surface area contributed by atoms with E-state index in [9.17, 15) is 4.79 Å². The van der Waals surface area contributed by atoms with Crippen molar-refractivity contribution in [3.8, 4) is 0 Å². The van der Waals surface area contributed by atoms with Gasteiger partial charge >= 0.3 is 5.97 Å². The molecule has 0 aromatic heterocycles. The first-order valence-corrected chi connectivity index (χ1v) is 6.42. The molecule has 1 aromatic rings. The number of nitrogens with zero attached hydrogens (tertiary/aromatic N) is 1. The third-order valence-electron chi connectivity index (χ3n) is 2.61. The summed E-state index contributed by atoms with van der Waals surface area (Å²) in [5.74, 6) is -0.992. The van der Waals surface area contributed by atoms with Crippen LogP contribution in [0.1, 0.15) is 19.4 Å². The number of carboxylic acids is 1. The fourth-order valence-electron chi connectivity index (χ4n) is 1.81. The van der Waals surface area contributed by atoms with Crippen molar-refractivity contribution in [1.82, 2.24) is 0 Å². The van der Waals surface area contributed by atoms with Crippen LogP contribution in [0.2, 0.25) is 5.02 Å². The molecule has 0 amide bonds. The highest BCUT2D eigenvalue weighted by molar-refractivity contribution is 6.32. The second-order valence-corrected chi connectivity index (χ2v) is 4.72. The Morgan fingerprint density at radius 1 is 1.53 bits per heavy atom. The number of carbonyl (C=O) groups is 1. The molecular formula is C15H18ClNO2. The summed E-state index contributed by atoms with van der Waals surface area (Å²) in [5.41, 5.74) is 2.67. The highest BCUT2D eigenvalue weighted by atomic mass is 35.5. The fraction of sp³-hybridized carbons (Fsp3) is 0.267. The maximum atomic E-state index is 10.7. The average molecular weight is 280 g/mol. The predicted octanol–water partition coefficient (Wildman–Crippen LogP) is 3.84. The molecule has 0 unspecified atom stereocenters. The SMILES string of the molecule is C=C(C)CN(CC)c1cccc(Cl)c1/C=C/C(=O)O. The standard InChI is InChI=1S/C15H18ClNO2/c1-4-17(10-11(2)3)14-7-5-6-13(16)12(14)8-9-15(18)19/h5-9H,2,4,10H2,1,3H3,(H,18,19)/b9-8+. The van der Waals surface area contributed by atoms with Crippen LogP contribution in [-0.2, 0) is 4.79 Å². The van der Waals surface area contributed by atoms with E-state index in [1.165, 1.54) is 6.08 Å². The maximum Gasteiger partial charge on any atom is 0.328 e. The van der Waals surface area contributed by atoms with Crippen LogP contribution in [0.5, 0.6) is 0 Å². The Morgan fingerprint density at radius 3 is 2.74 bits per heavy atom. The predicted molar refractivity (Wildman–Crippen MR) is 80.8 cm³/mol. The lowest BCUT2D eigenvalue weighted by Gasteiger charge is -2.25. The molecule has 0 heterocycles. The lowest BCUT2D eigenvalue weighted by Crippen LogP contribution is -2.25. The van der Waals surface area contributed by atoms with Gasteiger partial charge in [0, 0.05) is 35.4 Å². The summed E-state index contributed by atoms with van der Waals surface area (Å²) in [4.78, 5) is 12.8. The first kappa shape index (κ1) is 15.3. The number of halogens is 1. The van der Waals surface area contributed by atoms with Crippen LogP contribution in [0, 0.1) is 0 Å². The number of likely N-dealkylation sites (N-methyl/N-ethyl adjacent to an activating group) is 1. The second kappa shape index (κ2) is 7.00. The Bertz CT molecular complexity index is 509. The van der Waals surface area contributed by atoms with E-state index in [4.69, 9.17) is 16.7 Å². The van der Waals surface area contributed by atoms with Crippen LogP contribution >= 0.6 is 11.6 Å². The van der Waals surface area contributed by atoms with Gasteiger partial charge in [-0.05, 0) is 32.1 Å². The zero-order valence-corrected chi connectivity index (χ0v) is 11.9. The number of anilines is 1. The summed E-state index contributed by atoms with van der Waals surface area (Å²) >= 11 is 6.16. The third kappa shape index (κ3) is 4.45. The van der Waals surface area contributed by atoms with Crippen molar-refractivity contribution in [1.29, 1.82) is 0 Å². The molecule has 3 nitrogen and oxygen atoms in total. The molecule has 0 aliphatic carbocycles. The molecule has 0 saturated heterocycles. The molecule has 102 valence electrons. The number of aliphatic carboxylic acids is 1. The average Bonchev–Trinajstić information content (AvgIpc) is 2.33. The van der Waals surface area contributed by atoms with Crippen molar-refractivity contribution in [2.24, 2.45) is 0 Å². The number of hydrogen-bond donors (Lipinski definition) is 1. The third-order valence-corrected chi connectivity index (χ3v) is 2.94. The smallest absolute Gasteiger partial charge is 0.328 e. The van der Waals surface area contributed by atoms with Gasteiger partial charge in [-0.1, -0.05) is 29.8 Å². The number of rotatable bonds is 6. The molecule has 19 heavy (non-hydrogen) atoms. The number of benzene rings is 1. The topological polar surface area (TPSA) is 40.5 Å². The minimum absolute atomic E-state index is 0.537. The van der Waals surface area contributed by atoms with E-state index in [1.807, 2.05) is 26.0 Å². The van der Waals surface area contributed by atoms with E-state index in [2.05, 4.69) is 11.5 Å². The zero-order chi connectivity index (χ0) is 14.4. The van der Waals surface area contributed by atoms with Gasteiger partial charge in [0.15, 0.2) is 0 Å². The van der Waals surface area contributed by atoms with E-state index >= 15 is 0 Å². The molecule has 0 aliphatic rings. The molecule has 0 atom stereocenters. The van der Waals surface area contributed by atoms with Gasteiger partial charge < -0.3 is 10.0 Å². The van der Waals surface area contributed by atoms with E-state index in [-0.39, 0.29) is 0 Å². The van der Waals surface area contributed by atoms with Crippen LogP contribution in [0.15, 0.2) is 36.4 Å². The molecule has 0 spiro atoms. The molecule has 1 aromatic carbocycles. The van der Waals surface area contributed by atoms with Crippen molar-refractivity contribution in [2.75, 3.05) is 18.0 Å². The van der Waals surface area contributed by atoms with Crippen molar-refractivity contribution < 1.29 is 9.90 Å². The minimum atomic E-state index is -0.992. The highest BCUT2D eigenvalue weighted by Gasteiger charge is 2.11. The van der Waals surface area contributed by atoms with Crippen LogP contribution in [-0.4, -0.2) is 24.2 Å². The Labute approximate surface area is 118 Å². The van der Waals surface area contributed by atoms with E-state index in [0.717, 1.165) is 29.4 Å². The second-order valence-electron chi connectivity index (χ2n) is 4.32. The van der Waals surface area contributed by atoms with Gasteiger partial charge in [0.1, 0.15) is 0 Å². The molecule has 0 saturated carbocycles. The molecule has 0 radical (unpaired) electrons. The van der Waals surface area contributed by atoms with Gasteiger partial charge in [-0.2, -0.15) is 0 Å². The summed E-state index contributed by atoms with van der Waals surface area (Å²) < 4.78 is 0. The molecule has 0 aliphatic heterocycles. The molecule has 1 rings (SSSR count). The maximum absolute atomic E-state index is 10.7. The van der Waals surface area contributed by atoms with E-state index < -0.39 is 5.97 Å². The largest absolute Gasteiger partial charge is 0.478 e. The Hall–Kier alpha value is -1.74. The molecule has 1 N–H and O–H groups in total. The Kier molecular flexibility index (Phi) is 5.64. The first-order chi connectivity index (χ1) is 8.95. The fourth-order valence-corrected chi connectivity index (χ4v) is 2.05. The number of carboxylic acid groups (broad SMARTS) is 1. The highest BCUT2D eigenvalue weighted by Crippen LogP contribution is 2.29. The zero-order valence-electron chi connectivity index (χ0n) is 11.2. The van der Waals surface area contributed by atoms with Gasteiger partial charge in [-0.3, -0.25) is 0 Å². The van der Waals surface area contributed by atoms with Crippen LogP contribution < -0.4 is 4.90 Å². The van der Waals surface area contributed by atoms with Crippen molar-refractivity contribution >= 4 is 29.3 Å². The van der Waals surface area contributed by atoms with Gasteiger partial charge in [-0.15, -0.1) is 0 Å². The van der Waals surface area contributed by atoms with Crippen molar-refractivity contribution in [2.45, 2.75) is 13.8 Å². The van der Waals surface area contributed by atoms with Crippen LogP contribution in [0.4, 0.5) is 5.69 Å². The first-order valence-electron chi connectivity index (χ1n) is 6.04. The monoisotopic (exact) mass is 279 g/mol. The van der Waals surface area contributed by atoms with Crippen LogP contribution in [0.3, 0.4) is 0 Å². The Balaban J connectivity index is 3.21. The lowest BCUT2D eigenvalue weighted by molar-refractivity contribution is -0.131. The van der Waals surface area contributed by atoms with Crippen molar-refractivity contribution in [3.05, 3.63) is 47.0 Å². The van der Waals surface area contributed by atoms with Crippen molar-refractivity contribution in [3.63, 3.8) is 0 Å². The molecular weight excluding hydrogens is 262 g/mol. The molecule has 0 bridgehead atoms. The van der Waals surface area contributed by atoms with E-state index in [1.54, 1.807) is 6.07 Å². The molecule has 0 fully saturated rings. The number of hydrogen-bond acceptors (Lipinski definition) is 2. The summed E-state index contributed by atoms with van der Waals surface area (Å²) in [7, 11) is 0. The lowest BCUT2D eigenvalue weighted by atomic mass is 10.1. The van der Waals surface area contributed by atoms with E-state index in [0.29, 0.717) is 11.6 Å². The van der Waals surface area contributed by atoms with Gasteiger partial charge in [0.2, 0.25) is 0 Å². The van der Waals surface area contributed by atoms with Crippen LogP contribution in [0.25, 0.3) is 6.08 Å². The normalized spacial score (nSPS) is 10.7. The van der Waals surface area contributed by atoms with Gasteiger partial charge in [0.05, 0.1) is 0 Å². The molecule has 4 heteroatoms. The summed E-state index contributed by atoms with van der Waals surface area (Å²) in [5, 5.41) is 9.28.